The number of fused-ring (bicyclic) bond motifs is 1. The minimum absolute atomic E-state index is 0.604. The topological polar surface area (TPSA) is 17.3 Å². The molecule has 16 heavy (non-hydrogen) atoms. The van der Waals surface area contributed by atoms with Crippen LogP contribution in [0.25, 0.3) is 5.65 Å². The maximum Gasteiger partial charge on any atom is 0.137 e. The van der Waals surface area contributed by atoms with Crippen LogP contribution in [0.4, 0.5) is 0 Å². The van der Waals surface area contributed by atoms with Gasteiger partial charge in [0, 0.05) is 22.1 Å². The van der Waals surface area contributed by atoms with Gasteiger partial charge < -0.3 is 4.40 Å². The Morgan fingerprint density at radius 2 is 2.25 bits per heavy atom. The van der Waals surface area contributed by atoms with E-state index in [1.54, 1.807) is 0 Å². The lowest BCUT2D eigenvalue weighted by Gasteiger charge is -2.18. The first-order valence-corrected chi connectivity index (χ1v) is 7.43. The molecule has 0 N–H and O–H groups in total. The van der Waals surface area contributed by atoms with Gasteiger partial charge in [0.1, 0.15) is 5.65 Å². The van der Waals surface area contributed by atoms with Crippen molar-refractivity contribution in [3.05, 3.63) is 34.7 Å². The SMILES string of the molecule is Brc1ccc2nc(C3CCCCS3)cn2c1. The summed E-state index contributed by atoms with van der Waals surface area (Å²) in [6.07, 6.45) is 8.22. The van der Waals surface area contributed by atoms with Crippen LogP contribution in [0.3, 0.4) is 0 Å². The van der Waals surface area contributed by atoms with Crippen molar-refractivity contribution in [1.29, 1.82) is 0 Å². The van der Waals surface area contributed by atoms with E-state index in [1.807, 2.05) is 17.8 Å². The van der Waals surface area contributed by atoms with Crippen molar-refractivity contribution in [2.45, 2.75) is 24.5 Å². The van der Waals surface area contributed by atoms with Gasteiger partial charge in [0.2, 0.25) is 0 Å². The van der Waals surface area contributed by atoms with Crippen LogP contribution in [0.2, 0.25) is 0 Å². The Morgan fingerprint density at radius 3 is 3.06 bits per heavy atom. The van der Waals surface area contributed by atoms with Gasteiger partial charge in [-0.25, -0.2) is 4.98 Å². The summed E-state index contributed by atoms with van der Waals surface area (Å²) in [5.41, 5.74) is 2.28. The predicted octanol–water partition coefficient (Wildman–Crippen LogP) is 4.06. The molecule has 0 spiro atoms. The molecular formula is C12H13BrN2S. The number of halogens is 1. The quantitative estimate of drug-likeness (QED) is 0.790. The Labute approximate surface area is 108 Å². The Kier molecular flexibility index (Phi) is 2.94. The molecule has 2 aromatic heterocycles. The first-order valence-electron chi connectivity index (χ1n) is 5.59. The zero-order valence-corrected chi connectivity index (χ0v) is 11.3. The zero-order chi connectivity index (χ0) is 11.0. The molecule has 1 fully saturated rings. The molecule has 1 aliphatic rings. The fourth-order valence-electron chi connectivity index (χ4n) is 2.11. The van der Waals surface area contributed by atoms with Crippen molar-refractivity contribution >= 4 is 33.3 Å². The van der Waals surface area contributed by atoms with Crippen molar-refractivity contribution in [3.8, 4) is 0 Å². The number of pyridine rings is 1. The first-order chi connectivity index (χ1) is 7.83. The highest BCUT2D eigenvalue weighted by Gasteiger charge is 2.18. The van der Waals surface area contributed by atoms with E-state index in [1.165, 1.54) is 30.7 Å². The molecule has 0 aliphatic carbocycles. The maximum absolute atomic E-state index is 4.70. The minimum atomic E-state index is 0.604. The van der Waals surface area contributed by atoms with Crippen LogP contribution in [0.1, 0.15) is 30.2 Å². The monoisotopic (exact) mass is 296 g/mol. The van der Waals surface area contributed by atoms with Crippen molar-refractivity contribution in [2.75, 3.05) is 5.75 Å². The van der Waals surface area contributed by atoms with Crippen molar-refractivity contribution < 1.29 is 0 Å². The smallest absolute Gasteiger partial charge is 0.137 e. The fourth-order valence-corrected chi connectivity index (χ4v) is 3.74. The summed E-state index contributed by atoms with van der Waals surface area (Å²) >= 11 is 5.53. The van der Waals surface area contributed by atoms with E-state index >= 15 is 0 Å². The van der Waals surface area contributed by atoms with Gasteiger partial charge in [0.15, 0.2) is 0 Å². The van der Waals surface area contributed by atoms with E-state index < -0.39 is 0 Å². The van der Waals surface area contributed by atoms with Crippen molar-refractivity contribution in [3.63, 3.8) is 0 Å². The van der Waals surface area contributed by atoms with E-state index in [2.05, 4.69) is 38.8 Å². The highest BCUT2D eigenvalue weighted by Crippen LogP contribution is 2.37. The van der Waals surface area contributed by atoms with E-state index in [0.29, 0.717) is 5.25 Å². The van der Waals surface area contributed by atoms with Crippen LogP contribution in [-0.4, -0.2) is 15.1 Å². The summed E-state index contributed by atoms with van der Waals surface area (Å²) in [6.45, 7) is 0. The Balaban J connectivity index is 1.97. The van der Waals surface area contributed by atoms with Crippen LogP contribution >= 0.6 is 27.7 Å². The molecular weight excluding hydrogens is 284 g/mol. The number of rotatable bonds is 1. The molecule has 0 aromatic carbocycles. The van der Waals surface area contributed by atoms with Crippen molar-refractivity contribution in [1.82, 2.24) is 9.38 Å². The van der Waals surface area contributed by atoms with Crippen LogP contribution in [0.5, 0.6) is 0 Å². The number of nitrogens with zero attached hydrogens (tertiary/aromatic N) is 2. The molecule has 3 rings (SSSR count). The highest BCUT2D eigenvalue weighted by atomic mass is 79.9. The lowest BCUT2D eigenvalue weighted by Crippen LogP contribution is -2.02. The normalized spacial score (nSPS) is 21.4. The summed E-state index contributed by atoms with van der Waals surface area (Å²) in [5, 5.41) is 0.604. The molecule has 0 saturated carbocycles. The molecule has 3 heterocycles. The predicted molar refractivity (Wildman–Crippen MR) is 71.9 cm³/mol. The number of hydrogen-bond donors (Lipinski definition) is 0. The molecule has 0 bridgehead atoms. The lowest BCUT2D eigenvalue weighted by molar-refractivity contribution is 0.678. The van der Waals surface area contributed by atoms with Crippen LogP contribution in [-0.2, 0) is 0 Å². The zero-order valence-electron chi connectivity index (χ0n) is 8.90. The maximum atomic E-state index is 4.70. The average molecular weight is 297 g/mol. The summed E-state index contributed by atoms with van der Waals surface area (Å²) in [7, 11) is 0. The Bertz CT molecular complexity index is 503. The summed E-state index contributed by atoms with van der Waals surface area (Å²) in [6, 6.07) is 4.10. The molecule has 4 heteroatoms. The van der Waals surface area contributed by atoms with E-state index in [4.69, 9.17) is 4.98 Å². The van der Waals surface area contributed by atoms with Gasteiger partial charge in [-0.1, -0.05) is 6.42 Å². The first kappa shape index (κ1) is 10.7. The second kappa shape index (κ2) is 4.41. The van der Waals surface area contributed by atoms with E-state index in [0.717, 1.165) is 10.1 Å². The summed E-state index contributed by atoms with van der Waals surface area (Å²) < 4.78 is 3.20. The second-order valence-electron chi connectivity index (χ2n) is 4.13. The number of hydrogen-bond acceptors (Lipinski definition) is 2. The van der Waals surface area contributed by atoms with E-state index in [9.17, 15) is 0 Å². The molecule has 1 aliphatic heterocycles. The molecule has 2 nitrogen and oxygen atoms in total. The molecule has 1 saturated heterocycles. The van der Waals surface area contributed by atoms with Gasteiger partial charge in [0.25, 0.3) is 0 Å². The minimum Gasteiger partial charge on any atom is -0.306 e. The van der Waals surface area contributed by atoms with Crippen LogP contribution < -0.4 is 0 Å². The summed E-state index contributed by atoms with van der Waals surface area (Å²) in [4.78, 5) is 4.70. The van der Waals surface area contributed by atoms with Crippen molar-refractivity contribution in [2.24, 2.45) is 0 Å². The Hall–Kier alpha value is -0.480. The van der Waals surface area contributed by atoms with Gasteiger partial charge >= 0.3 is 0 Å². The number of imidazole rings is 1. The third kappa shape index (κ3) is 2.00. The second-order valence-corrected chi connectivity index (χ2v) is 6.36. The molecule has 0 amide bonds. The molecule has 1 unspecified atom stereocenters. The standard InChI is InChI=1S/C12H13BrN2S/c13-9-4-5-12-14-10(8-15(12)7-9)11-3-1-2-6-16-11/h4-5,7-8,11H,1-3,6H2. The van der Waals surface area contributed by atoms with Crippen LogP contribution in [0, 0.1) is 0 Å². The highest BCUT2D eigenvalue weighted by molar-refractivity contribution is 9.10. The lowest BCUT2D eigenvalue weighted by atomic mass is 10.1. The molecule has 0 radical (unpaired) electrons. The number of thioether (sulfide) groups is 1. The third-order valence-electron chi connectivity index (χ3n) is 2.94. The largest absolute Gasteiger partial charge is 0.306 e. The third-order valence-corrected chi connectivity index (χ3v) is 4.82. The van der Waals surface area contributed by atoms with Gasteiger partial charge in [-0.05, 0) is 46.7 Å². The molecule has 1 atom stereocenters. The molecule has 2 aromatic rings. The van der Waals surface area contributed by atoms with Gasteiger partial charge in [-0.3, -0.25) is 0 Å². The Morgan fingerprint density at radius 1 is 1.31 bits per heavy atom. The van der Waals surface area contributed by atoms with Gasteiger partial charge in [-0.2, -0.15) is 11.8 Å². The summed E-state index contributed by atoms with van der Waals surface area (Å²) in [5.74, 6) is 1.28. The average Bonchev–Trinajstić information content (AvgIpc) is 2.73. The van der Waals surface area contributed by atoms with Gasteiger partial charge in [0.05, 0.1) is 5.69 Å². The number of aromatic nitrogens is 2. The fraction of sp³-hybridized carbons (Fsp3) is 0.417. The van der Waals surface area contributed by atoms with Gasteiger partial charge in [-0.15, -0.1) is 0 Å². The molecule has 84 valence electrons. The van der Waals surface area contributed by atoms with E-state index in [-0.39, 0.29) is 0 Å². The van der Waals surface area contributed by atoms with Crippen LogP contribution in [0.15, 0.2) is 29.0 Å².